The molecule has 2 heterocycles. The maximum Gasteiger partial charge on any atom is 0.148 e. The van der Waals surface area contributed by atoms with E-state index in [1.54, 1.807) is 18.2 Å². The van der Waals surface area contributed by atoms with Gasteiger partial charge in [-0.25, -0.2) is 13.2 Å². The maximum atomic E-state index is 14.2. The number of anilines is 1. The predicted octanol–water partition coefficient (Wildman–Crippen LogP) is 4.54. The number of halogens is 3. The molecule has 160 valence electrons. The molecule has 1 aliphatic carbocycles. The van der Waals surface area contributed by atoms with Gasteiger partial charge in [-0.1, -0.05) is 0 Å². The minimum atomic E-state index is -0.683. The summed E-state index contributed by atoms with van der Waals surface area (Å²) in [5.41, 5.74) is 0.735. The largest absolute Gasteiger partial charge is 0.495 e. The van der Waals surface area contributed by atoms with Gasteiger partial charge >= 0.3 is 0 Å². The topological polar surface area (TPSA) is 83.7 Å². The Bertz CT molecular complexity index is 1040. The molecule has 0 unspecified atom stereocenters. The molecule has 0 radical (unpaired) electrons. The van der Waals surface area contributed by atoms with Crippen molar-refractivity contribution in [1.29, 1.82) is 5.26 Å². The van der Waals surface area contributed by atoms with Crippen LogP contribution in [0.5, 0.6) is 5.75 Å². The molecule has 1 fully saturated rings. The Kier molecular flexibility index (Phi) is 7.38. The molecule has 0 saturated heterocycles. The van der Waals surface area contributed by atoms with Crippen molar-refractivity contribution in [2.45, 2.75) is 19.0 Å². The highest BCUT2D eigenvalue weighted by atomic mass is 19.1. The summed E-state index contributed by atoms with van der Waals surface area (Å²) in [7, 11) is 1.38. The van der Waals surface area contributed by atoms with Crippen molar-refractivity contribution in [1.82, 2.24) is 15.2 Å². The second-order valence-electron chi connectivity index (χ2n) is 6.93. The highest BCUT2D eigenvalue weighted by Gasteiger charge is 2.28. The minimum Gasteiger partial charge on any atom is -0.495 e. The molecular formula is C22H20F3N5O. The van der Waals surface area contributed by atoms with E-state index in [4.69, 9.17) is 10.00 Å². The van der Waals surface area contributed by atoms with Gasteiger partial charge in [-0.05, 0) is 49.1 Å². The number of alkyl halides is 1. The van der Waals surface area contributed by atoms with Crippen molar-refractivity contribution in [2.24, 2.45) is 5.92 Å². The van der Waals surface area contributed by atoms with Gasteiger partial charge in [-0.3, -0.25) is 4.98 Å². The number of hydrogen-bond acceptors (Lipinski definition) is 6. The monoisotopic (exact) mass is 427 g/mol. The SMILES string of the molecule is COc1cc(F)c(-c2ccc(NCC3CC(F)C3)nn2)cc1C#N.Fc1cccnc1. The van der Waals surface area contributed by atoms with E-state index in [0.29, 0.717) is 36.8 Å². The first-order valence-electron chi connectivity index (χ1n) is 9.55. The van der Waals surface area contributed by atoms with E-state index >= 15 is 0 Å². The highest BCUT2D eigenvalue weighted by molar-refractivity contribution is 5.65. The Morgan fingerprint density at radius 1 is 1.19 bits per heavy atom. The predicted molar refractivity (Wildman–Crippen MR) is 109 cm³/mol. The Hall–Kier alpha value is -3.67. The average molecular weight is 427 g/mol. The molecule has 9 heteroatoms. The number of pyridine rings is 1. The maximum absolute atomic E-state index is 14.2. The first kappa shape index (κ1) is 22.0. The summed E-state index contributed by atoms with van der Waals surface area (Å²) in [5, 5.41) is 20.2. The molecule has 0 atom stereocenters. The van der Waals surface area contributed by atoms with Crippen LogP contribution in [0.2, 0.25) is 0 Å². The van der Waals surface area contributed by atoms with E-state index in [0.717, 1.165) is 6.07 Å². The molecule has 0 spiro atoms. The van der Waals surface area contributed by atoms with E-state index in [1.807, 2.05) is 6.07 Å². The van der Waals surface area contributed by atoms with Crippen molar-refractivity contribution in [3.8, 4) is 23.1 Å². The summed E-state index contributed by atoms with van der Waals surface area (Å²) in [4.78, 5) is 3.51. The first-order valence-corrected chi connectivity index (χ1v) is 9.55. The molecule has 0 aliphatic heterocycles. The van der Waals surface area contributed by atoms with Gasteiger partial charge in [0.15, 0.2) is 0 Å². The van der Waals surface area contributed by atoms with Crippen molar-refractivity contribution in [3.63, 3.8) is 0 Å². The highest BCUT2D eigenvalue weighted by Crippen LogP contribution is 2.30. The molecule has 6 nitrogen and oxygen atoms in total. The van der Waals surface area contributed by atoms with Gasteiger partial charge in [0.25, 0.3) is 0 Å². The van der Waals surface area contributed by atoms with Gasteiger partial charge < -0.3 is 10.1 Å². The standard InChI is InChI=1S/C17H16F2N4O.C5H4FN/c1-24-16-7-14(19)13(6-11(16)8-20)15-2-3-17(23-22-15)21-9-10-4-12(18)5-10;6-5-2-1-3-7-4-5/h2-3,6-7,10,12H,4-5,9H2,1H3,(H,21,23);1-4H. The number of rotatable bonds is 5. The molecule has 3 aromatic rings. The molecule has 1 aromatic carbocycles. The van der Waals surface area contributed by atoms with Crippen LogP contribution in [0.15, 0.2) is 48.8 Å². The van der Waals surface area contributed by atoms with Crippen molar-refractivity contribution >= 4 is 5.82 Å². The van der Waals surface area contributed by atoms with Crippen LogP contribution in [-0.2, 0) is 0 Å². The fourth-order valence-corrected chi connectivity index (χ4v) is 2.99. The fraction of sp³-hybridized carbons (Fsp3) is 0.273. The number of methoxy groups -OCH3 is 1. The van der Waals surface area contributed by atoms with Crippen LogP contribution in [0.4, 0.5) is 19.0 Å². The van der Waals surface area contributed by atoms with Crippen LogP contribution in [0, 0.1) is 28.9 Å². The molecule has 4 rings (SSSR count). The number of benzene rings is 1. The number of nitrogens with one attached hydrogen (secondary N) is 1. The van der Waals surface area contributed by atoms with Crippen LogP contribution in [0.25, 0.3) is 11.3 Å². The van der Waals surface area contributed by atoms with Crippen LogP contribution in [0.1, 0.15) is 18.4 Å². The zero-order chi connectivity index (χ0) is 22.2. The lowest BCUT2D eigenvalue weighted by atomic mass is 9.83. The average Bonchev–Trinajstić information content (AvgIpc) is 2.77. The van der Waals surface area contributed by atoms with E-state index in [1.165, 1.54) is 31.6 Å². The van der Waals surface area contributed by atoms with E-state index < -0.39 is 12.0 Å². The number of nitrogens with zero attached hydrogens (tertiary/aromatic N) is 4. The summed E-state index contributed by atoms with van der Waals surface area (Å²) < 4.78 is 43.8. The molecule has 0 bridgehead atoms. The lowest BCUT2D eigenvalue weighted by Gasteiger charge is -2.29. The summed E-state index contributed by atoms with van der Waals surface area (Å²) in [6.07, 6.45) is 3.17. The molecule has 1 N–H and O–H groups in total. The van der Waals surface area contributed by atoms with Gasteiger partial charge in [0, 0.05) is 24.4 Å². The first-order chi connectivity index (χ1) is 15.0. The Morgan fingerprint density at radius 3 is 2.52 bits per heavy atom. The quantitative estimate of drug-likeness (QED) is 0.644. The Morgan fingerprint density at radius 2 is 2.00 bits per heavy atom. The fourth-order valence-electron chi connectivity index (χ4n) is 2.99. The summed E-state index contributed by atoms with van der Waals surface area (Å²) in [5.74, 6) is 0.220. The van der Waals surface area contributed by atoms with Crippen molar-refractivity contribution in [2.75, 3.05) is 19.0 Å². The van der Waals surface area contributed by atoms with Crippen LogP contribution in [-0.4, -0.2) is 35.0 Å². The number of hydrogen-bond donors (Lipinski definition) is 1. The smallest absolute Gasteiger partial charge is 0.148 e. The summed E-state index contributed by atoms with van der Waals surface area (Å²) >= 11 is 0. The van der Waals surface area contributed by atoms with Gasteiger partial charge in [0.05, 0.1) is 24.6 Å². The van der Waals surface area contributed by atoms with E-state index in [9.17, 15) is 13.2 Å². The van der Waals surface area contributed by atoms with Crippen LogP contribution in [0.3, 0.4) is 0 Å². The molecule has 31 heavy (non-hydrogen) atoms. The lowest BCUT2D eigenvalue weighted by molar-refractivity contribution is 0.140. The van der Waals surface area contributed by atoms with Gasteiger partial charge in [-0.2, -0.15) is 5.26 Å². The lowest BCUT2D eigenvalue weighted by Crippen LogP contribution is -2.30. The third kappa shape index (κ3) is 5.92. The summed E-state index contributed by atoms with van der Waals surface area (Å²) in [6.45, 7) is 0.643. The zero-order valence-electron chi connectivity index (χ0n) is 16.7. The number of ether oxygens (including phenoxy) is 1. The van der Waals surface area contributed by atoms with Crippen molar-refractivity contribution < 1.29 is 17.9 Å². The third-order valence-electron chi connectivity index (χ3n) is 4.73. The molecule has 1 saturated carbocycles. The minimum absolute atomic E-state index is 0.177. The Balaban J connectivity index is 0.000000330. The molecule has 1 aliphatic rings. The van der Waals surface area contributed by atoms with Crippen LogP contribution >= 0.6 is 0 Å². The van der Waals surface area contributed by atoms with E-state index in [2.05, 4.69) is 20.5 Å². The number of aromatic nitrogens is 3. The second-order valence-corrected chi connectivity index (χ2v) is 6.93. The molecule has 0 amide bonds. The molecule has 2 aromatic heterocycles. The van der Waals surface area contributed by atoms with Crippen LogP contribution < -0.4 is 10.1 Å². The normalized spacial score (nSPS) is 16.9. The zero-order valence-corrected chi connectivity index (χ0v) is 16.7. The van der Waals surface area contributed by atoms with Gasteiger partial charge in [0.2, 0.25) is 0 Å². The Labute approximate surface area is 177 Å². The van der Waals surface area contributed by atoms with E-state index in [-0.39, 0.29) is 22.7 Å². The van der Waals surface area contributed by atoms with Crippen molar-refractivity contribution in [3.05, 3.63) is 66.0 Å². The van der Waals surface area contributed by atoms with Gasteiger partial charge in [-0.15, -0.1) is 10.2 Å². The summed E-state index contributed by atoms with van der Waals surface area (Å²) in [6, 6.07) is 10.7. The third-order valence-corrected chi connectivity index (χ3v) is 4.73. The second kappa shape index (κ2) is 10.4. The van der Waals surface area contributed by atoms with Gasteiger partial charge in [0.1, 0.15) is 35.4 Å². The molecular weight excluding hydrogens is 407 g/mol. The number of nitriles is 1.